The van der Waals surface area contributed by atoms with Crippen molar-refractivity contribution < 1.29 is 24.3 Å². The van der Waals surface area contributed by atoms with Crippen LogP contribution >= 0.6 is 11.6 Å². The Morgan fingerprint density at radius 1 is 1.24 bits per heavy atom. The molecule has 1 aliphatic carbocycles. The molecule has 0 aliphatic heterocycles. The van der Waals surface area contributed by atoms with Crippen molar-refractivity contribution in [1.82, 2.24) is 15.7 Å². The van der Waals surface area contributed by atoms with Gasteiger partial charge in [-0.2, -0.15) is 0 Å². The van der Waals surface area contributed by atoms with E-state index in [-0.39, 0.29) is 12.5 Å². The Kier molecular flexibility index (Phi) is 10.00. The molecule has 0 unspecified atom stereocenters. The summed E-state index contributed by atoms with van der Waals surface area (Å²) >= 11 is 6.14. The molecule has 1 aromatic rings. The van der Waals surface area contributed by atoms with E-state index in [9.17, 15) is 14.4 Å². The normalized spacial score (nSPS) is 14.9. The number of nitrogens with one attached hydrogen (secondary N) is 3. The first kappa shape index (κ1) is 27.7. The van der Waals surface area contributed by atoms with E-state index in [0.29, 0.717) is 28.9 Å². The molecule has 1 fully saturated rings. The molecule has 1 aromatic carbocycles. The molecule has 0 aromatic heterocycles. The lowest BCUT2D eigenvalue weighted by atomic mass is 9.85. The summed E-state index contributed by atoms with van der Waals surface area (Å²) in [6, 6.07) is 1.79. The summed E-state index contributed by atoms with van der Waals surface area (Å²) < 4.78 is 5.31. The van der Waals surface area contributed by atoms with Gasteiger partial charge in [0.15, 0.2) is 0 Å². The quantitative estimate of drug-likeness (QED) is 0.303. The highest BCUT2D eigenvalue weighted by Gasteiger charge is 2.36. The third-order valence-corrected chi connectivity index (χ3v) is 6.58. The minimum atomic E-state index is -0.915. The van der Waals surface area contributed by atoms with E-state index >= 15 is 0 Å². The van der Waals surface area contributed by atoms with Crippen LogP contribution in [0.25, 0.3) is 0 Å². The smallest absolute Gasteiger partial charge is 0.320 e. The number of carbonyl (C=O) groups excluding carboxylic acids is 3. The molecule has 190 valence electrons. The van der Waals surface area contributed by atoms with Gasteiger partial charge in [0.1, 0.15) is 18.3 Å². The molecule has 4 amide bonds. The number of hydrogen-bond acceptors (Lipinski definition) is 5. The number of benzene rings is 1. The lowest BCUT2D eigenvalue weighted by molar-refractivity contribution is -0.142. The number of amides is 4. The summed E-state index contributed by atoms with van der Waals surface area (Å²) in [6.07, 6.45) is 5.35. The zero-order chi connectivity index (χ0) is 25.5. The fraction of sp³-hybridized carbons (Fsp3) is 0.625. The number of anilines is 1. The van der Waals surface area contributed by atoms with Gasteiger partial charge in [-0.15, -0.1) is 0 Å². The predicted molar refractivity (Wildman–Crippen MR) is 131 cm³/mol. The molecule has 1 aliphatic rings. The van der Waals surface area contributed by atoms with Gasteiger partial charge in [-0.3, -0.25) is 14.8 Å². The number of halogens is 1. The van der Waals surface area contributed by atoms with Gasteiger partial charge < -0.3 is 20.3 Å². The van der Waals surface area contributed by atoms with Crippen molar-refractivity contribution in [3.63, 3.8) is 0 Å². The van der Waals surface area contributed by atoms with Crippen molar-refractivity contribution in [3.05, 3.63) is 22.7 Å². The summed E-state index contributed by atoms with van der Waals surface area (Å²) in [6.45, 7) is 7.40. The molecule has 1 atom stereocenters. The Morgan fingerprint density at radius 2 is 1.88 bits per heavy atom. The molecule has 2 rings (SSSR count). The average Bonchev–Trinajstić information content (AvgIpc) is 3.29. The van der Waals surface area contributed by atoms with Crippen molar-refractivity contribution >= 4 is 35.1 Å². The zero-order valence-electron chi connectivity index (χ0n) is 20.7. The minimum absolute atomic E-state index is 0.290. The number of ether oxygens (including phenoxy) is 1. The summed E-state index contributed by atoms with van der Waals surface area (Å²) in [7, 11) is 1.47. The van der Waals surface area contributed by atoms with Crippen LogP contribution in [0.3, 0.4) is 0 Å². The Morgan fingerprint density at radius 3 is 2.44 bits per heavy atom. The van der Waals surface area contributed by atoms with Crippen LogP contribution in [-0.4, -0.2) is 54.2 Å². The van der Waals surface area contributed by atoms with E-state index in [1.54, 1.807) is 24.5 Å². The van der Waals surface area contributed by atoms with E-state index in [4.69, 9.17) is 21.5 Å². The molecule has 4 N–H and O–H groups in total. The number of aryl methyl sites for hydroxylation is 1. The van der Waals surface area contributed by atoms with Gasteiger partial charge in [-0.05, 0) is 36.3 Å². The minimum Gasteiger partial charge on any atom is -0.495 e. The van der Waals surface area contributed by atoms with Crippen LogP contribution < -0.4 is 20.9 Å². The number of nitrogens with zero attached hydrogens (tertiary/aromatic N) is 1. The lowest BCUT2D eigenvalue weighted by Crippen LogP contribution is -2.57. The van der Waals surface area contributed by atoms with Crippen LogP contribution in [0.15, 0.2) is 12.1 Å². The largest absolute Gasteiger partial charge is 0.495 e. The van der Waals surface area contributed by atoms with Gasteiger partial charge in [0.05, 0.1) is 12.8 Å². The van der Waals surface area contributed by atoms with Crippen molar-refractivity contribution in [2.45, 2.75) is 65.8 Å². The average molecular weight is 497 g/mol. The van der Waals surface area contributed by atoms with Gasteiger partial charge in [-0.1, -0.05) is 58.1 Å². The van der Waals surface area contributed by atoms with Gasteiger partial charge >= 0.3 is 6.03 Å². The third kappa shape index (κ3) is 7.77. The summed E-state index contributed by atoms with van der Waals surface area (Å²) in [5.41, 5.74) is 2.13. The van der Waals surface area contributed by atoms with Gasteiger partial charge in [0.25, 0.3) is 5.91 Å². The van der Waals surface area contributed by atoms with Crippen LogP contribution in [0.1, 0.15) is 58.4 Å². The molecule has 9 nitrogen and oxygen atoms in total. The second-order valence-electron chi connectivity index (χ2n) is 9.93. The SMILES string of the molecule is COc1cc(Cl)c(C)cc1NC(=O)N[C@H](C(=O)N(CCC1CCCC1)CC(=O)NO)C(C)(C)C. The summed E-state index contributed by atoms with van der Waals surface area (Å²) in [4.78, 5) is 39.8. The first-order chi connectivity index (χ1) is 16.0. The van der Waals surface area contributed by atoms with Crippen LogP contribution in [0.2, 0.25) is 5.02 Å². The van der Waals surface area contributed by atoms with Crippen molar-refractivity contribution in [2.24, 2.45) is 11.3 Å². The molecule has 0 radical (unpaired) electrons. The number of methoxy groups -OCH3 is 1. The van der Waals surface area contributed by atoms with Crippen LogP contribution in [0.4, 0.5) is 10.5 Å². The predicted octanol–water partition coefficient (Wildman–Crippen LogP) is 4.11. The monoisotopic (exact) mass is 496 g/mol. The molecule has 34 heavy (non-hydrogen) atoms. The second-order valence-corrected chi connectivity index (χ2v) is 10.3. The van der Waals surface area contributed by atoms with E-state index in [2.05, 4.69) is 10.6 Å². The zero-order valence-corrected chi connectivity index (χ0v) is 21.4. The fourth-order valence-corrected chi connectivity index (χ4v) is 4.32. The highest BCUT2D eigenvalue weighted by Crippen LogP contribution is 2.31. The van der Waals surface area contributed by atoms with Crippen LogP contribution in [0, 0.1) is 18.3 Å². The molecule has 0 spiro atoms. The van der Waals surface area contributed by atoms with E-state index in [0.717, 1.165) is 24.8 Å². The van der Waals surface area contributed by atoms with Crippen molar-refractivity contribution in [2.75, 3.05) is 25.5 Å². The van der Waals surface area contributed by atoms with Crippen molar-refractivity contribution in [3.8, 4) is 5.75 Å². The van der Waals surface area contributed by atoms with Crippen molar-refractivity contribution in [1.29, 1.82) is 0 Å². The highest BCUT2D eigenvalue weighted by molar-refractivity contribution is 6.31. The topological polar surface area (TPSA) is 120 Å². The number of rotatable bonds is 9. The Bertz CT molecular complexity index is 881. The Labute approximate surface area is 206 Å². The van der Waals surface area contributed by atoms with Crippen LogP contribution in [0.5, 0.6) is 5.75 Å². The molecular weight excluding hydrogens is 460 g/mol. The maximum absolute atomic E-state index is 13.5. The Balaban J connectivity index is 2.19. The van der Waals surface area contributed by atoms with Gasteiger partial charge in [0, 0.05) is 17.6 Å². The molecular formula is C24H37ClN4O5. The molecule has 10 heteroatoms. The molecule has 1 saturated carbocycles. The van der Waals surface area contributed by atoms with E-state index < -0.39 is 23.4 Å². The maximum Gasteiger partial charge on any atom is 0.320 e. The standard InChI is InChI=1S/C24H37ClN4O5/c1-15-12-18(19(34-5)13-17(15)25)26-23(32)27-21(24(2,3)4)22(31)29(14-20(30)28-33)11-10-16-8-6-7-9-16/h12-13,16,21,33H,6-11,14H2,1-5H3,(H,28,30)(H2,26,27,32)/t21-/m1/s1. The number of urea groups is 1. The molecule has 0 saturated heterocycles. The van der Waals surface area contributed by atoms with E-state index in [1.165, 1.54) is 24.9 Å². The third-order valence-electron chi connectivity index (χ3n) is 6.17. The second kappa shape index (κ2) is 12.3. The van der Waals surface area contributed by atoms with E-state index in [1.807, 2.05) is 20.8 Å². The summed E-state index contributed by atoms with van der Waals surface area (Å²) in [5, 5.41) is 15.0. The molecule has 0 bridgehead atoms. The van der Waals surface area contributed by atoms with Gasteiger partial charge in [-0.25, -0.2) is 10.3 Å². The molecule has 0 heterocycles. The Hall–Kier alpha value is -2.52. The first-order valence-corrected chi connectivity index (χ1v) is 12.0. The maximum atomic E-state index is 13.5. The first-order valence-electron chi connectivity index (χ1n) is 11.6. The number of carbonyl (C=O) groups is 3. The highest BCUT2D eigenvalue weighted by atomic mass is 35.5. The number of hydrogen-bond donors (Lipinski definition) is 4. The number of hydroxylamine groups is 1. The summed E-state index contributed by atoms with van der Waals surface area (Å²) in [5.74, 6) is -0.165. The lowest BCUT2D eigenvalue weighted by Gasteiger charge is -2.35. The van der Waals surface area contributed by atoms with Crippen LogP contribution in [-0.2, 0) is 9.59 Å². The fourth-order valence-electron chi connectivity index (χ4n) is 4.16. The van der Waals surface area contributed by atoms with Gasteiger partial charge in [0.2, 0.25) is 5.91 Å².